The second kappa shape index (κ2) is 9.27. The predicted octanol–water partition coefficient (Wildman–Crippen LogP) is 3.18. The molecule has 1 aromatic heterocycles. The van der Waals surface area contributed by atoms with Crippen LogP contribution in [0.3, 0.4) is 0 Å². The van der Waals surface area contributed by atoms with Crippen molar-refractivity contribution in [1.82, 2.24) is 14.7 Å². The fraction of sp³-hybridized carbons (Fsp3) is 0.714. The van der Waals surface area contributed by atoms with Crippen LogP contribution in [0.25, 0.3) is 0 Å². The first-order valence-electron chi connectivity index (χ1n) is 10.7. The standard InChI is InChI=1S/C21H31N3O3S/c25-20(17-7-11-23(12-8-17)21(26)22-9-1-2-10-22)24(15-18-5-3-13-27-18)16-19-6-4-14-28-19/h4,6,14,17-18H,1-3,5,7-13,15-16H2. The van der Waals surface area contributed by atoms with E-state index in [0.717, 1.165) is 58.2 Å². The van der Waals surface area contributed by atoms with Crippen LogP contribution in [0.15, 0.2) is 17.5 Å². The Balaban J connectivity index is 1.34. The molecule has 4 rings (SSSR count). The highest BCUT2D eigenvalue weighted by molar-refractivity contribution is 7.09. The van der Waals surface area contributed by atoms with Crippen LogP contribution in [0.2, 0.25) is 0 Å². The molecule has 1 unspecified atom stereocenters. The van der Waals surface area contributed by atoms with Gasteiger partial charge < -0.3 is 19.4 Å². The first kappa shape index (κ1) is 19.7. The molecule has 4 heterocycles. The Morgan fingerprint density at radius 2 is 1.82 bits per heavy atom. The van der Waals surface area contributed by atoms with Gasteiger partial charge in [-0.2, -0.15) is 0 Å². The highest BCUT2D eigenvalue weighted by atomic mass is 32.1. The maximum Gasteiger partial charge on any atom is 0.319 e. The van der Waals surface area contributed by atoms with Gasteiger partial charge in [-0.25, -0.2) is 4.79 Å². The van der Waals surface area contributed by atoms with Crippen molar-refractivity contribution < 1.29 is 14.3 Å². The zero-order valence-electron chi connectivity index (χ0n) is 16.6. The predicted molar refractivity (Wildman–Crippen MR) is 109 cm³/mol. The molecule has 7 heteroatoms. The molecule has 0 spiro atoms. The number of likely N-dealkylation sites (tertiary alicyclic amines) is 2. The van der Waals surface area contributed by atoms with Crippen LogP contribution < -0.4 is 0 Å². The maximum atomic E-state index is 13.3. The normalized spacial score (nSPS) is 23.4. The van der Waals surface area contributed by atoms with E-state index in [1.807, 2.05) is 20.8 Å². The Morgan fingerprint density at radius 3 is 2.46 bits per heavy atom. The summed E-state index contributed by atoms with van der Waals surface area (Å²) in [7, 11) is 0. The van der Waals surface area contributed by atoms with Crippen LogP contribution in [0.1, 0.15) is 43.4 Å². The Kier molecular flexibility index (Phi) is 6.52. The van der Waals surface area contributed by atoms with Gasteiger partial charge in [0.2, 0.25) is 5.91 Å². The van der Waals surface area contributed by atoms with Gasteiger partial charge in [-0.05, 0) is 50.0 Å². The molecule has 0 N–H and O–H groups in total. The number of nitrogens with zero attached hydrogens (tertiary/aromatic N) is 3. The highest BCUT2D eigenvalue weighted by Crippen LogP contribution is 2.25. The Morgan fingerprint density at radius 1 is 1.07 bits per heavy atom. The van der Waals surface area contributed by atoms with E-state index >= 15 is 0 Å². The van der Waals surface area contributed by atoms with E-state index in [-0.39, 0.29) is 24.0 Å². The SMILES string of the molecule is O=C(C1CCN(C(=O)N2CCCC2)CC1)N(Cc1cccs1)CC1CCCO1. The van der Waals surface area contributed by atoms with E-state index in [9.17, 15) is 9.59 Å². The molecule has 0 saturated carbocycles. The lowest BCUT2D eigenvalue weighted by Gasteiger charge is -2.36. The Labute approximate surface area is 171 Å². The minimum atomic E-state index is 0.0176. The summed E-state index contributed by atoms with van der Waals surface area (Å²) in [6, 6.07) is 4.30. The van der Waals surface area contributed by atoms with Crippen molar-refractivity contribution in [2.24, 2.45) is 5.92 Å². The zero-order chi connectivity index (χ0) is 19.3. The zero-order valence-corrected chi connectivity index (χ0v) is 17.4. The summed E-state index contributed by atoms with van der Waals surface area (Å²) in [4.78, 5) is 33.0. The van der Waals surface area contributed by atoms with Crippen LogP contribution in [0.5, 0.6) is 0 Å². The number of thiophene rings is 1. The van der Waals surface area contributed by atoms with E-state index in [1.165, 1.54) is 4.88 Å². The van der Waals surface area contributed by atoms with Crippen LogP contribution in [0.4, 0.5) is 4.79 Å². The van der Waals surface area contributed by atoms with Gasteiger partial charge in [-0.1, -0.05) is 6.07 Å². The number of rotatable bonds is 5. The molecule has 6 nitrogen and oxygen atoms in total. The summed E-state index contributed by atoms with van der Waals surface area (Å²) in [5.74, 6) is 0.251. The average Bonchev–Trinajstić information content (AvgIpc) is 3.50. The summed E-state index contributed by atoms with van der Waals surface area (Å²) >= 11 is 1.70. The number of carbonyl (C=O) groups excluding carboxylic acids is 2. The van der Waals surface area contributed by atoms with Gasteiger partial charge in [0.05, 0.1) is 12.6 Å². The molecule has 3 amide bonds. The van der Waals surface area contributed by atoms with Crippen molar-refractivity contribution in [3.8, 4) is 0 Å². The average molecular weight is 406 g/mol. The summed E-state index contributed by atoms with van der Waals surface area (Å²) in [6.07, 6.45) is 6.05. The molecule has 0 aromatic carbocycles. The quantitative estimate of drug-likeness (QED) is 0.756. The van der Waals surface area contributed by atoms with Crippen LogP contribution in [0, 0.1) is 5.92 Å². The number of carbonyl (C=O) groups is 2. The molecule has 1 atom stereocenters. The first-order valence-corrected chi connectivity index (χ1v) is 11.6. The molecule has 3 aliphatic rings. The third-order valence-corrected chi connectivity index (χ3v) is 7.04. The maximum absolute atomic E-state index is 13.3. The lowest BCUT2D eigenvalue weighted by molar-refractivity contribution is -0.139. The molecular formula is C21H31N3O3S. The smallest absolute Gasteiger partial charge is 0.319 e. The molecule has 154 valence electrons. The number of hydrogen-bond donors (Lipinski definition) is 0. The summed E-state index contributed by atoms with van der Waals surface area (Å²) in [6.45, 7) is 5.31. The van der Waals surface area contributed by atoms with Crippen LogP contribution in [-0.4, -0.2) is 72.1 Å². The largest absolute Gasteiger partial charge is 0.376 e. The van der Waals surface area contributed by atoms with Crippen molar-refractivity contribution in [3.05, 3.63) is 22.4 Å². The third-order valence-electron chi connectivity index (χ3n) is 6.18. The van der Waals surface area contributed by atoms with Gasteiger partial charge in [0.1, 0.15) is 0 Å². The van der Waals surface area contributed by atoms with E-state index in [1.54, 1.807) is 11.3 Å². The molecule has 0 bridgehead atoms. The van der Waals surface area contributed by atoms with Crippen molar-refractivity contribution in [2.45, 2.75) is 51.2 Å². The highest BCUT2D eigenvalue weighted by Gasteiger charge is 2.33. The Bertz CT molecular complexity index is 646. The van der Waals surface area contributed by atoms with Gasteiger partial charge in [0.15, 0.2) is 0 Å². The van der Waals surface area contributed by atoms with Crippen molar-refractivity contribution in [2.75, 3.05) is 39.3 Å². The van der Waals surface area contributed by atoms with Gasteiger partial charge in [0.25, 0.3) is 0 Å². The minimum absolute atomic E-state index is 0.0176. The topological polar surface area (TPSA) is 53.1 Å². The molecule has 0 radical (unpaired) electrons. The molecule has 28 heavy (non-hydrogen) atoms. The molecule has 3 aliphatic heterocycles. The first-order chi connectivity index (χ1) is 13.7. The number of amides is 3. The fourth-order valence-electron chi connectivity index (χ4n) is 4.54. The lowest BCUT2D eigenvalue weighted by Crippen LogP contribution is -2.49. The molecule has 0 aliphatic carbocycles. The van der Waals surface area contributed by atoms with Crippen molar-refractivity contribution >= 4 is 23.3 Å². The summed E-state index contributed by atoms with van der Waals surface area (Å²) in [5.41, 5.74) is 0. The lowest BCUT2D eigenvalue weighted by atomic mass is 9.95. The van der Waals surface area contributed by atoms with E-state index < -0.39 is 0 Å². The Hall–Kier alpha value is -1.60. The summed E-state index contributed by atoms with van der Waals surface area (Å²) in [5, 5.41) is 2.06. The van der Waals surface area contributed by atoms with Gasteiger partial charge in [-0.3, -0.25) is 4.79 Å². The number of piperidine rings is 1. The van der Waals surface area contributed by atoms with E-state index in [2.05, 4.69) is 11.4 Å². The van der Waals surface area contributed by atoms with Gasteiger partial charge in [0, 0.05) is 50.1 Å². The van der Waals surface area contributed by atoms with Crippen LogP contribution >= 0.6 is 11.3 Å². The van der Waals surface area contributed by atoms with E-state index in [0.29, 0.717) is 26.2 Å². The minimum Gasteiger partial charge on any atom is -0.376 e. The molecule has 3 saturated heterocycles. The third kappa shape index (κ3) is 4.69. The second-order valence-corrected chi connectivity index (χ2v) is 9.20. The second-order valence-electron chi connectivity index (χ2n) is 8.17. The number of hydrogen-bond acceptors (Lipinski definition) is 4. The molecular weight excluding hydrogens is 374 g/mol. The molecule has 3 fully saturated rings. The fourth-order valence-corrected chi connectivity index (χ4v) is 5.26. The number of ether oxygens (including phenoxy) is 1. The van der Waals surface area contributed by atoms with Crippen molar-refractivity contribution in [3.63, 3.8) is 0 Å². The van der Waals surface area contributed by atoms with Gasteiger partial charge in [-0.15, -0.1) is 11.3 Å². The van der Waals surface area contributed by atoms with Crippen molar-refractivity contribution in [1.29, 1.82) is 0 Å². The van der Waals surface area contributed by atoms with Crippen LogP contribution in [-0.2, 0) is 16.1 Å². The summed E-state index contributed by atoms with van der Waals surface area (Å²) < 4.78 is 5.80. The number of urea groups is 1. The monoisotopic (exact) mass is 405 g/mol. The molecule has 1 aromatic rings. The van der Waals surface area contributed by atoms with E-state index in [4.69, 9.17) is 4.74 Å². The van der Waals surface area contributed by atoms with Gasteiger partial charge >= 0.3 is 6.03 Å².